The smallest absolute Gasteiger partial charge is 0.332 e. The largest absolute Gasteiger partial charge is 0.396 e. The standard InChI is InChI=1S/C20H25ClN4O4/c1-23-18-17(19(27)24(20(23)28)10-4-11-26)25(16(22-18)5-3-12-29-2)13-14-6-8-15(21)9-7-14/h6-9,26H,3-5,10-13H2,1-2H3. The quantitative estimate of drug-likeness (QED) is 0.530. The van der Waals surface area contributed by atoms with Crippen LogP contribution in [0.2, 0.25) is 5.02 Å². The molecular weight excluding hydrogens is 396 g/mol. The van der Waals surface area contributed by atoms with Crippen molar-refractivity contribution in [1.29, 1.82) is 0 Å². The Morgan fingerprint density at radius 1 is 1.14 bits per heavy atom. The molecule has 0 saturated carbocycles. The number of aliphatic hydroxyl groups is 1. The Kier molecular flexibility index (Phi) is 6.89. The summed E-state index contributed by atoms with van der Waals surface area (Å²) in [5.74, 6) is 0.721. The summed E-state index contributed by atoms with van der Waals surface area (Å²) < 4.78 is 9.57. The van der Waals surface area contributed by atoms with Gasteiger partial charge < -0.3 is 14.4 Å². The number of imidazole rings is 1. The Morgan fingerprint density at radius 2 is 1.86 bits per heavy atom. The monoisotopic (exact) mass is 420 g/mol. The molecule has 0 aliphatic carbocycles. The van der Waals surface area contributed by atoms with Gasteiger partial charge in [-0.3, -0.25) is 13.9 Å². The summed E-state index contributed by atoms with van der Waals surface area (Å²) in [7, 11) is 3.25. The lowest BCUT2D eigenvalue weighted by Crippen LogP contribution is -2.40. The van der Waals surface area contributed by atoms with E-state index in [1.54, 1.807) is 26.3 Å². The van der Waals surface area contributed by atoms with Gasteiger partial charge in [0, 0.05) is 51.9 Å². The lowest BCUT2D eigenvalue weighted by molar-refractivity contribution is 0.194. The van der Waals surface area contributed by atoms with E-state index >= 15 is 0 Å². The molecule has 9 heteroatoms. The van der Waals surface area contributed by atoms with E-state index in [0.29, 0.717) is 42.2 Å². The molecule has 3 aromatic rings. The minimum absolute atomic E-state index is 0.0973. The van der Waals surface area contributed by atoms with Crippen molar-refractivity contribution >= 4 is 22.8 Å². The molecule has 8 nitrogen and oxygen atoms in total. The molecule has 29 heavy (non-hydrogen) atoms. The first-order valence-electron chi connectivity index (χ1n) is 9.51. The number of halogens is 1. The summed E-state index contributed by atoms with van der Waals surface area (Å²) in [5, 5.41) is 9.76. The maximum atomic E-state index is 13.2. The maximum absolute atomic E-state index is 13.2. The highest BCUT2D eigenvalue weighted by atomic mass is 35.5. The van der Waals surface area contributed by atoms with Crippen molar-refractivity contribution in [2.75, 3.05) is 20.3 Å². The van der Waals surface area contributed by atoms with Gasteiger partial charge in [-0.1, -0.05) is 23.7 Å². The van der Waals surface area contributed by atoms with Gasteiger partial charge in [0.2, 0.25) is 0 Å². The number of fused-ring (bicyclic) bond motifs is 1. The molecule has 0 spiro atoms. The van der Waals surface area contributed by atoms with Crippen LogP contribution in [0.4, 0.5) is 0 Å². The minimum Gasteiger partial charge on any atom is -0.396 e. The zero-order valence-corrected chi connectivity index (χ0v) is 17.4. The van der Waals surface area contributed by atoms with E-state index in [-0.39, 0.29) is 13.2 Å². The van der Waals surface area contributed by atoms with E-state index in [1.807, 2.05) is 16.7 Å². The van der Waals surface area contributed by atoms with E-state index < -0.39 is 11.2 Å². The van der Waals surface area contributed by atoms with Crippen molar-refractivity contribution in [3.8, 4) is 0 Å². The molecule has 0 radical (unpaired) electrons. The second-order valence-corrected chi connectivity index (χ2v) is 7.32. The molecule has 0 bridgehead atoms. The van der Waals surface area contributed by atoms with Crippen LogP contribution in [0.5, 0.6) is 0 Å². The lowest BCUT2D eigenvalue weighted by Gasteiger charge is -2.11. The molecule has 0 unspecified atom stereocenters. The number of benzene rings is 1. The van der Waals surface area contributed by atoms with Crippen LogP contribution >= 0.6 is 11.6 Å². The molecule has 156 valence electrons. The van der Waals surface area contributed by atoms with Crippen molar-refractivity contribution in [2.45, 2.75) is 32.4 Å². The number of methoxy groups -OCH3 is 1. The van der Waals surface area contributed by atoms with Crippen LogP contribution < -0.4 is 11.2 Å². The SMILES string of the molecule is COCCCc1nc2c(c(=O)n(CCCO)c(=O)n2C)n1Cc1ccc(Cl)cc1. The number of nitrogens with zero attached hydrogens (tertiary/aromatic N) is 4. The first-order chi connectivity index (χ1) is 14.0. The third kappa shape index (κ3) is 4.44. The molecule has 1 aromatic carbocycles. The molecule has 0 amide bonds. The summed E-state index contributed by atoms with van der Waals surface area (Å²) in [6.45, 7) is 1.07. The van der Waals surface area contributed by atoms with E-state index in [2.05, 4.69) is 4.98 Å². The topological polar surface area (TPSA) is 91.3 Å². The van der Waals surface area contributed by atoms with Crippen molar-refractivity contribution in [3.63, 3.8) is 0 Å². The number of aromatic nitrogens is 4. The average molecular weight is 421 g/mol. The molecule has 0 aliphatic heterocycles. The molecule has 3 rings (SSSR count). The van der Waals surface area contributed by atoms with Crippen LogP contribution in [0.3, 0.4) is 0 Å². The van der Waals surface area contributed by atoms with E-state index in [4.69, 9.17) is 21.4 Å². The van der Waals surface area contributed by atoms with Crippen LogP contribution in [-0.2, 0) is 31.3 Å². The Labute approximate surface area is 172 Å². The van der Waals surface area contributed by atoms with Crippen LogP contribution in [0.15, 0.2) is 33.9 Å². The van der Waals surface area contributed by atoms with Gasteiger partial charge in [-0.25, -0.2) is 9.78 Å². The van der Waals surface area contributed by atoms with Gasteiger partial charge in [0.05, 0.1) is 0 Å². The van der Waals surface area contributed by atoms with Crippen LogP contribution in [0, 0.1) is 0 Å². The van der Waals surface area contributed by atoms with Gasteiger partial charge in [0.15, 0.2) is 11.2 Å². The van der Waals surface area contributed by atoms with Crippen molar-refractivity contribution in [3.05, 3.63) is 61.5 Å². The summed E-state index contributed by atoms with van der Waals surface area (Å²) in [4.78, 5) is 30.4. The third-order valence-corrected chi connectivity index (χ3v) is 5.11. The third-order valence-electron chi connectivity index (χ3n) is 4.85. The molecule has 0 atom stereocenters. The van der Waals surface area contributed by atoms with Gasteiger partial charge in [-0.05, 0) is 30.5 Å². The highest BCUT2D eigenvalue weighted by Crippen LogP contribution is 2.17. The highest BCUT2D eigenvalue weighted by molar-refractivity contribution is 6.30. The second-order valence-electron chi connectivity index (χ2n) is 6.88. The Bertz CT molecular complexity index is 1100. The Morgan fingerprint density at radius 3 is 2.52 bits per heavy atom. The molecule has 0 aliphatic rings. The molecule has 2 aromatic heterocycles. The van der Waals surface area contributed by atoms with E-state index in [1.165, 1.54) is 4.57 Å². The maximum Gasteiger partial charge on any atom is 0.332 e. The van der Waals surface area contributed by atoms with E-state index in [0.717, 1.165) is 22.4 Å². The summed E-state index contributed by atoms with van der Waals surface area (Å²) in [5.41, 5.74) is 0.887. The minimum atomic E-state index is -0.435. The average Bonchev–Trinajstić information content (AvgIpc) is 3.07. The van der Waals surface area contributed by atoms with Gasteiger partial charge >= 0.3 is 5.69 Å². The predicted octanol–water partition coefficient (Wildman–Crippen LogP) is 1.56. The number of aliphatic hydroxyl groups excluding tert-OH is 1. The molecule has 2 heterocycles. The normalized spacial score (nSPS) is 11.4. The number of aryl methyl sites for hydroxylation is 2. The molecule has 1 N–H and O–H groups in total. The first kappa shape index (κ1) is 21.3. The Balaban J connectivity index is 2.18. The number of hydrogen-bond acceptors (Lipinski definition) is 5. The van der Waals surface area contributed by atoms with Crippen LogP contribution in [0.25, 0.3) is 11.2 Å². The van der Waals surface area contributed by atoms with Gasteiger partial charge in [-0.15, -0.1) is 0 Å². The zero-order valence-electron chi connectivity index (χ0n) is 16.6. The fraction of sp³-hybridized carbons (Fsp3) is 0.450. The number of hydrogen-bond donors (Lipinski definition) is 1. The lowest BCUT2D eigenvalue weighted by atomic mass is 10.2. The van der Waals surface area contributed by atoms with Crippen molar-refractivity contribution in [2.24, 2.45) is 7.05 Å². The van der Waals surface area contributed by atoms with Crippen molar-refractivity contribution in [1.82, 2.24) is 18.7 Å². The van der Waals surface area contributed by atoms with E-state index in [9.17, 15) is 9.59 Å². The summed E-state index contributed by atoms with van der Waals surface area (Å²) >= 11 is 5.99. The first-order valence-corrected chi connectivity index (χ1v) is 9.89. The molecule has 0 saturated heterocycles. The zero-order chi connectivity index (χ0) is 21.0. The second kappa shape index (κ2) is 9.39. The summed E-state index contributed by atoms with van der Waals surface area (Å²) in [6.07, 6.45) is 1.68. The van der Waals surface area contributed by atoms with Crippen molar-refractivity contribution < 1.29 is 9.84 Å². The fourth-order valence-electron chi connectivity index (χ4n) is 3.35. The van der Waals surface area contributed by atoms with Gasteiger partial charge in [0.25, 0.3) is 5.56 Å². The fourth-order valence-corrected chi connectivity index (χ4v) is 3.48. The molecular formula is C20H25ClN4O4. The summed E-state index contributed by atoms with van der Waals surface area (Å²) in [6, 6.07) is 7.41. The number of rotatable bonds is 9. The van der Waals surface area contributed by atoms with Crippen LogP contribution in [-0.4, -0.2) is 44.1 Å². The van der Waals surface area contributed by atoms with Gasteiger partial charge in [-0.2, -0.15) is 0 Å². The Hall–Kier alpha value is -2.42. The number of ether oxygens (including phenoxy) is 1. The predicted molar refractivity (Wildman–Crippen MR) is 112 cm³/mol. The molecule has 0 fully saturated rings. The highest BCUT2D eigenvalue weighted by Gasteiger charge is 2.20. The van der Waals surface area contributed by atoms with Crippen LogP contribution in [0.1, 0.15) is 24.2 Å². The van der Waals surface area contributed by atoms with Gasteiger partial charge in [0.1, 0.15) is 5.82 Å².